The van der Waals surface area contributed by atoms with Gasteiger partial charge in [-0.15, -0.1) is 0 Å². The van der Waals surface area contributed by atoms with E-state index in [1.165, 1.54) is 5.56 Å². The summed E-state index contributed by atoms with van der Waals surface area (Å²) in [6.07, 6.45) is 1.50. The van der Waals surface area contributed by atoms with E-state index in [0.717, 1.165) is 18.4 Å². The Bertz CT molecular complexity index is 496. The van der Waals surface area contributed by atoms with E-state index in [2.05, 4.69) is 17.4 Å². The maximum absolute atomic E-state index is 10.7. The first-order valence-electron chi connectivity index (χ1n) is 5.78. The Morgan fingerprint density at radius 1 is 1.06 bits per heavy atom. The summed E-state index contributed by atoms with van der Waals surface area (Å²) in [6, 6.07) is 17.6. The molecule has 1 amide bonds. The molecule has 92 valence electrons. The molecule has 1 unspecified atom stereocenters. The number of hydrogen-bond acceptors (Lipinski definition) is 1. The highest BCUT2D eigenvalue weighted by Gasteiger charge is 2.10. The Labute approximate surface area is 112 Å². The zero-order chi connectivity index (χ0) is 12.8. The standard InChI is InChI=1S/C15H14ClNO/c16-14-8-6-13(7-9-14)15(17-11-18)10-12-4-2-1-3-5-12/h1-9,11,15H,10H2,(H,17,18). The lowest BCUT2D eigenvalue weighted by molar-refractivity contribution is -0.110. The Balaban J connectivity index is 2.18. The molecule has 1 atom stereocenters. The third kappa shape index (κ3) is 3.34. The van der Waals surface area contributed by atoms with E-state index < -0.39 is 0 Å². The van der Waals surface area contributed by atoms with E-state index in [-0.39, 0.29) is 6.04 Å². The molecule has 0 saturated carbocycles. The molecule has 1 N–H and O–H groups in total. The Hall–Kier alpha value is -1.80. The number of rotatable bonds is 5. The summed E-state index contributed by atoms with van der Waals surface area (Å²) < 4.78 is 0. The lowest BCUT2D eigenvalue weighted by Crippen LogP contribution is -2.21. The van der Waals surface area contributed by atoms with Crippen LogP contribution in [0.1, 0.15) is 17.2 Å². The molecule has 0 aliphatic heterocycles. The summed E-state index contributed by atoms with van der Waals surface area (Å²) in [5.74, 6) is 0. The number of carbonyl (C=O) groups excluding carboxylic acids is 1. The lowest BCUT2D eigenvalue weighted by Gasteiger charge is -2.16. The number of nitrogens with one attached hydrogen (secondary N) is 1. The zero-order valence-electron chi connectivity index (χ0n) is 9.84. The van der Waals surface area contributed by atoms with Crippen molar-refractivity contribution in [1.82, 2.24) is 5.32 Å². The summed E-state index contributed by atoms with van der Waals surface area (Å²) in [5, 5.41) is 3.54. The van der Waals surface area contributed by atoms with Gasteiger partial charge >= 0.3 is 0 Å². The second kappa shape index (κ2) is 6.22. The van der Waals surface area contributed by atoms with E-state index in [0.29, 0.717) is 5.02 Å². The van der Waals surface area contributed by atoms with Crippen molar-refractivity contribution in [3.8, 4) is 0 Å². The van der Waals surface area contributed by atoms with Crippen LogP contribution in [0.2, 0.25) is 5.02 Å². The number of hydrogen-bond donors (Lipinski definition) is 1. The van der Waals surface area contributed by atoms with Crippen molar-refractivity contribution >= 4 is 18.0 Å². The van der Waals surface area contributed by atoms with Crippen LogP contribution in [-0.2, 0) is 11.2 Å². The molecule has 0 aliphatic carbocycles. The molecule has 0 saturated heterocycles. The molecule has 2 nitrogen and oxygen atoms in total. The van der Waals surface area contributed by atoms with Crippen LogP contribution < -0.4 is 5.32 Å². The fourth-order valence-electron chi connectivity index (χ4n) is 1.90. The van der Waals surface area contributed by atoms with Crippen LogP contribution in [0.4, 0.5) is 0 Å². The van der Waals surface area contributed by atoms with Gasteiger partial charge in [-0.2, -0.15) is 0 Å². The molecule has 0 spiro atoms. The third-order valence-electron chi connectivity index (χ3n) is 2.82. The first-order chi connectivity index (χ1) is 8.79. The van der Waals surface area contributed by atoms with Crippen LogP contribution in [0.3, 0.4) is 0 Å². The molecule has 18 heavy (non-hydrogen) atoms. The zero-order valence-corrected chi connectivity index (χ0v) is 10.6. The number of halogens is 1. The minimum absolute atomic E-state index is 0.0258. The smallest absolute Gasteiger partial charge is 0.207 e. The molecular formula is C15H14ClNO. The van der Waals surface area contributed by atoms with Gasteiger partial charge in [-0.1, -0.05) is 54.1 Å². The molecular weight excluding hydrogens is 246 g/mol. The van der Waals surface area contributed by atoms with E-state index in [1.807, 2.05) is 42.5 Å². The van der Waals surface area contributed by atoms with Gasteiger partial charge in [0.15, 0.2) is 0 Å². The van der Waals surface area contributed by atoms with Gasteiger partial charge in [0.1, 0.15) is 0 Å². The van der Waals surface area contributed by atoms with E-state index in [1.54, 1.807) is 0 Å². The maximum Gasteiger partial charge on any atom is 0.207 e. The van der Waals surface area contributed by atoms with E-state index >= 15 is 0 Å². The first kappa shape index (κ1) is 12.7. The lowest BCUT2D eigenvalue weighted by atomic mass is 9.99. The van der Waals surface area contributed by atoms with Gasteiger partial charge in [-0.25, -0.2) is 0 Å². The molecule has 0 aromatic heterocycles. The second-order valence-electron chi connectivity index (χ2n) is 4.08. The predicted molar refractivity (Wildman–Crippen MR) is 73.5 cm³/mol. The fourth-order valence-corrected chi connectivity index (χ4v) is 2.03. The number of benzene rings is 2. The molecule has 0 bridgehead atoms. The normalized spacial score (nSPS) is 11.8. The molecule has 2 rings (SSSR count). The highest BCUT2D eigenvalue weighted by molar-refractivity contribution is 6.30. The van der Waals surface area contributed by atoms with Crippen molar-refractivity contribution in [1.29, 1.82) is 0 Å². The van der Waals surface area contributed by atoms with Crippen LogP contribution in [0, 0.1) is 0 Å². The SMILES string of the molecule is O=CNC(Cc1ccccc1)c1ccc(Cl)cc1. The van der Waals surface area contributed by atoms with Crippen LogP contribution in [0.15, 0.2) is 54.6 Å². The number of amides is 1. The Morgan fingerprint density at radius 3 is 2.33 bits per heavy atom. The van der Waals surface area contributed by atoms with E-state index in [4.69, 9.17) is 11.6 Å². The van der Waals surface area contributed by atoms with Gasteiger partial charge in [0, 0.05) is 5.02 Å². The van der Waals surface area contributed by atoms with Crippen molar-refractivity contribution in [2.75, 3.05) is 0 Å². The van der Waals surface area contributed by atoms with Crippen LogP contribution in [-0.4, -0.2) is 6.41 Å². The van der Waals surface area contributed by atoms with Gasteiger partial charge < -0.3 is 5.32 Å². The fraction of sp³-hybridized carbons (Fsp3) is 0.133. The molecule has 3 heteroatoms. The van der Waals surface area contributed by atoms with Crippen molar-refractivity contribution in [3.63, 3.8) is 0 Å². The summed E-state index contributed by atoms with van der Waals surface area (Å²) in [4.78, 5) is 10.7. The molecule has 0 heterocycles. The van der Waals surface area contributed by atoms with Crippen LogP contribution in [0.5, 0.6) is 0 Å². The van der Waals surface area contributed by atoms with Gasteiger partial charge in [0.25, 0.3) is 0 Å². The quantitative estimate of drug-likeness (QED) is 0.820. The van der Waals surface area contributed by atoms with Crippen LogP contribution >= 0.6 is 11.6 Å². The third-order valence-corrected chi connectivity index (χ3v) is 3.08. The maximum atomic E-state index is 10.7. The monoisotopic (exact) mass is 259 g/mol. The van der Waals surface area contributed by atoms with Crippen molar-refractivity contribution < 1.29 is 4.79 Å². The molecule has 0 aliphatic rings. The summed E-state index contributed by atoms with van der Waals surface area (Å²) >= 11 is 5.86. The molecule has 2 aromatic carbocycles. The Morgan fingerprint density at radius 2 is 1.72 bits per heavy atom. The van der Waals surface area contributed by atoms with Crippen LogP contribution in [0.25, 0.3) is 0 Å². The molecule has 0 fully saturated rings. The summed E-state index contributed by atoms with van der Waals surface area (Å²) in [7, 11) is 0. The van der Waals surface area contributed by atoms with E-state index in [9.17, 15) is 4.79 Å². The number of carbonyl (C=O) groups is 1. The first-order valence-corrected chi connectivity index (χ1v) is 6.16. The minimum Gasteiger partial charge on any atom is -0.352 e. The highest BCUT2D eigenvalue weighted by atomic mass is 35.5. The van der Waals surface area contributed by atoms with Gasteiger partial charge in [0.2, 0.25) is 6.41 Å². The molecule has 0 radical (unpaired) electrons. The topological polar surface area (TPSA) is 29.1 Å². The van der Waals surface area contributed by atoms with Crippen molar-refractivity contribution in [2.45, 2.75) is 12.5 Å². The summed E-state index contributed by atoms with van der Waals surface area (Å²) in [5.41, 5.74) is 2.24. The minimum atomic E-state index is -0.0258. The largest absolute Gasteiger partial charge is 0.352 e. The molecule has 2 aromatic rings. The van der Waals surface area contributed by atoms with Gasteiger partial charge in [-0.3, -0.25) is 4.79 Å². The predicted octanol–water partition coefficient (Wildman–Crippen LogP) is 3.37. The van der Waals surface area contributed by atoms with Crippen molar-refractivity contribution in [2.24, 2.45) is 0 Å². The highest BCUT2D eigenvalue weighted by Crippen LogP contribution is 2.20. The second-order valence-corrected chi connectivity index (χ2v) is 4.51. The average molecular weight is 260 g/mol. The van der Waals surface area contributed by atoms with Crippen molar-refractivity contribution in [3.05, 3.63) is 70.7 Å². The van der Waals surface area contributed by atoms with Gasteiger partial charge in [0.05, 0.1) is 6.04 Å². The summed E-state index contributed by atoms with van der Waals surface area (Å²) in [6.45, 7) is 0. The van der Waals surface area contributed by atoms with Gasteiger partial charge in [-0.05, 0) is 29.7 Å². The average Bonchev–Trinajstić information content (AvgIpc) is 2.40. The Kier molecular flexibility index (Phi) is 4.37.